The number of ether oxygens (including phenoxy) is 1. The van der Waals surface area contributed by atoms with Gasteiger partial charge >= 0.3 is 0 Å². The van der Waals surface area contributed by atoms with E-state index in [1.54, 1.807) is 23.2 Å². The highest BCUT2D eigenvalue weighted by molar-refractivity contribution is 6.32. The van der Waals surface area contributed by atoms with E-state index in [9.17, 15) is 14.4 Å². The van der Waals surface area contributed by atoms with Crippen molar-refractivity contribution in [1.82, 2.24) is 20.3 Å². The lowest BCUT2D eigenvalue weighted by atomic mass is 9.91. The zero-order chi connectivity index (χ0) is 25.5. The summed E-state index contributed by atoms with van der Waals surface area (Å²) in [5.41, 5.74) is 5.32. The number of rotatable bonds is 5. The number of aromatic nitrogens is 3. The number of anilines is 2. The van der Waals surface area contributed by atoms with Gasteiger partial charge in [-0.25, -0.2) is 9.97 Å². The third kappa shape index (κ3) is 4.18. The Morgan fingerprint density at radius 1 is 1.16 bits per heavy atom. The second kappa shape index (κ2) is 9.09. The van der Waals surface area contributed by atoms with Gasteiger partial charge in [-0.05, 0) is 29.7 Å². The average molecular weight is 494 g/mol. The fraction of sp³-hybridized carbons (Fsp3) is 0.192. The molecule has 2 aromatic heterocycles. The zero-order valence-electron chi connectivity index (χ0n) is 20.1. The van der Waals surface area contributed by atoms with Gasteiger partial charge in [-0.3, -0.25) is 14.4 Å². The van der Waals surface area contributed by atoms with Gasteiger partial charge in [-0.2, -0.15) is 0 Å². The van der Waals surface area contributed by atoms with Gasteiger partial charge in [0.2, 0.25) is 5.91 Å². The smallest absolute Gasteiger partial charge is 0.272 e. The van der Waals surface area contributed by atoms with Gasteiger partial charge in [0.1, 0.15) is 25.4 Å². The van der Waals surface area contributed by atoms with E-state index < -0.39 is 0 Å². The minimum Gasteiger partial charge on any atom is -0.482 e. The lowest BCUT2D eigenvalue weighted by Gasteiger charge is -2.18. The second-order valence-electron chi connectivity index (χ2n) is 9.21. The molecule has 1 atom stereocenters. The Balaban J connectivity index is 1.20. The van der Waals surface area contributed by atoms with Gasteiger partial charge in [-0.15, -0.1) is 0 Å². The fourth-order valence-corrected chi connectivity index (χ4v) is 4.84. The van der Waals surface area contributed by atoms with Crippen LogP contribution in [0.15, 0.2) is 55.0 Å². The number of benzene rings is 2. The molecule has 1 fully saturated rings. The summed E-state index contributed by atoms with van der Waals surface area (Å²) in [6.07, 6.45) is 3.75. The van der Waals surface area contributed by atoms with Crippen molar-refractivity contribution >= 4 is 53.4 Å². The molecule has 4 aromatic rings. The van der Waals surface area contributed by atoms with Crippen LogP contribution in [0.3, 0.4) is 0 Å². The summed E-state index contributed by atoms with van der Waals surface area (Å²) in [6, 6.07) is 13.4. The van der Waals surface area contributed by atoms with E-state index in [1.165, 1.54) is 6.33 Å². The summed E-state index contributed by atoms with van der Waals surface area (Å²) in [5, 5.41) is 5.62. The molecular formula is C26H23BN6O4. The van der Waals surface area contributed by atoms with Crippen molar-refractivity contribution in [2.45, 2.75) is 18.9 Å². The molecule has 0 aliphatic carbocycles. The van der Waals surface area contributed by atoms with Crippen LogP contribution < -0.4 is 25.7 Å². The number of hydrogen-bond acceptors (Lipinski definition) is 6. The molecule has 3 amide bonds. The summed E-state index contributed by atoms with van der Waals surface area (Å²) in [4.78, 5) is 51.3. The number of nitrogens with zero attached hydrogens (tertiary/aromatic N) is 3. The molecular weight excluding hydrogens is 471 g/mol. The molecule has 10 nitrogen and oxygen atoms in total. The summed E-state index contributed by atoms with van der Waals surface area (Å²) in [7, 11) is 2.02. The largest absolute Gasteiger partial charge is 0.482 e. The average Bonchev–Trinajstić information content (AvgIpc) is 3.50. The number of nitrogens with one attached hydrogen (secondary N) is 3. The van der Waals surface area contributed by atoms with E-state index in [2.05, 4.69) is 25.6 Å². The molecule has 0 saturated carbocycles. The van der Waals surface area contributed by atoms with Gasteiger partial charge in [-0.1, -0.05) is 35.8 Å². The highest BCUT2D eigenvalue weighted by atomic mass is 16.5. The van der Waals surface area contributed by atoms with E-state index >= 15 is 0 Å². The van der Waals surface area contributed by atoms with E-state index in [4.69, 9.17) is 4.74 Å². The number of carbonyl (C=O) groups is 3. The Hall–Kier alpha value is -4.67. The van der Waals surface area contributed by atoms with Gasteiger partial charge < -0.3 is 25.3 Å². The zero-order valence-corrected chi connectivity index (χ0v) is 20.1. The molecule has 0 bridgehead atoms. The van der Waals surface area contributed by atoms with E-state index in [0.717, 1.165) is 16.6 Å². The first kappa shape index (κ1) is 22.8. The van der Waals surface area contributed by atoms with Crippen LogP contribution in [-0.2, 0) is 16.1 Å². The van der Waals surface area contributed by atoms with Crippen LogP contribution in [-0.4, -0.2) is 53.7 Å². The van der Waals surface area contributed by atoms with Crippen LogP contribution in [0.4, 0.5) is 11.4 Å². The highest BCUT2D eigenvalue weighted by Crippen LogP contribution is 2.35. The topological polar surface area (TPSA) is 129 Å². The van der Waals surface area contributed by atoms with E-state index in [0.29, 0.717) is 41.1 Å². The molecule has 11 heteroatoms. The number of carbonyl (C=O) groups excluding carboxylic acids is 3. The summed E-state index contributed by atoms with van der Waals surface area (Å²) < 4.78 is 5.37. The van der Waals surface area contributed by atoms with Gasteiger partial charge in [0.25, 0.3) is 11.8 Å². The van der Waals surface area contributed by atoms with E-state index in [1.807, 2.05) is 38.2 Å². The van der Waals surface area contributed by atoms with Gasteiger partial charge in [0, 0.05) is 19.3 Å². The number of hydrogen-bond donors (Lipinski definition) is 3. The minimum absolute atomic E-state index is 0.0119. The first-order valence-electron chi connectivity index (χ1n) is 12.0. The third-order valence-electron chi connectivity index (χ3n) is 6.76. The lowest BCUT2D eigenvalue weighted by molar-refractivity contribution is -0.119. The maximum absolute atomic E-state index is 13.3. The summed E-state index contributed by atoms with van der Waals surface area (Å²) in [5.74, 6) is -0.211. The predicted molar refractivity (Wildman–Crippen MR) is 140 cm³/mol. The molecule has 2 aliphatic rings. The standard InChI is InChI=1S/C26H23BN6O4/c27-16-4-2-15(3-5-16)17-7-8-33(26(17)36)19-11-28-23-22(19)30-13-31-24(23)25(35)29-10-14-1-6-20-18(9-14)32-21(34)12-37-20/h1-6,9,11,13,17,28H,7-8,10,12,27H2,(H,29,35)(H,32,34). The molecule has 1 saturated heterocycles. The molecule has 1 unspecified atom stereocenters. The first-order chi connectivity index (χ1) is 18.0. The molecule has 3 N–H and O–H groups in total. The maximum Gasteiger partial charge on any atom is 0.272 e. The van der Waals surface area contributed by atoms with Crippen molar-refractivity contribution < 1.29 is 19.1 Å². The Bertz CT molecular complexity index is 1550. The van der Waals surface area contributed by atoms with Crippen LogP contribution in [0.25, 0.3) is 11.0 Å². The SMILES string of the molecule is Bc1ccc(C2CCN(c3c[nH]c4c(C(=O)NCc5ccc6c(c5)NC(=O)CO6)ncnc34)C2=O)cc1. The fourth-order valence-electron chi connectivity index (χ4n) is 4.84. The first-order valence-corrected chi connectivity index (χ1v) is 12.0. The van der Waals surface area contributed by atoms with Crippen LogP contribution in [0.2, 0.25) is 0 Å². The van der Waals surface area contributed by atoms with Crippen molar-refractivity contribution in [3.8, 4) is 5.75 Å². The van der Waals surface area contributed by atoms with Crippen molar-refractivity contribution in [3.63, 3.8) is 0 Å². The van der Waals surface area contributed by atoms with Crippen LogP contribution in [0.5, 0.6) is 5.75 Å². The monoisotopic (exact) mass is 494 g/mol. The molecule has 0 radical (unpaired) electrons. The molecule has 2 aromatic carbocycles. The molecule has 184 valence electrons. The van der Waals surface area contributed by atoms with Crippen molar-refractivity contribution in [3.05, 3.63) is 71.8 Å². The van der Waals surface area contributed by atoms with E-state index in [-0.39, 0.29) is 42.5 Å². The number of H-pyrrole nitrogens is 1. The normalized spacial score (nSPS) is 16.9. The van der Waals surface area contributed by atoms with Gasteiger partial charge in [0.15, 0.2) is 12.3 Å². The molecule has 2 aliphatic heterocycles. The number of fused-ring (bicyclic) bond motifs is 2. The Morgan fingerprint density at radius 3 is 2.84 bits per heavy atom. The maximum atomic E-state index is 13.3. The van der Waals surface area contributed by atoms with Crippen LogP contribution in [0, 0.1) is 0 Å². The number of aromatic amines is 1. The lowest BCUT2D eigenvalue weighted by Crippen LogP contribution is -2.27. The summed E-state index contributed by atoms with van der Waals surface area (Å²) in [6.45, 7) is 0.777. The van der Waals surface area contributed by atoms with Gasteiger partial charge in [0.05, 0.1) is 22.8 Å². The van der Waals surface area contributed by atoms with Crippen molar-refractivity contribution in [2.75, 3.05) is 23.4 Å². The Morgan fingerprint density at radius 2 is 2.00 bits per heavy atom. The molecule has 37 heavy (non-hydrogen) atoms. The van der Waals surface area contributed by atoms with Crippen molar-refractivity contribution in [2.24, 2.45) is 0 Å². The molecule has 4 heterocycles. The Kier molecular flexibility index (Phi) is 5.59. The van der Waals surface area contributed by atoms with Crippen LogP contribution in [0.1, 0.15) is 34.0 Å². The van der Waals surface area contributed by atoms with Crippen molar-refractivity contribution in [1.29, 1.82) is 0 Å². The van der Waals surface area contributed by atoms with Crippen LogP contribution >= 0.6 is 0 Å². The molecule has 6 rings (SSSR count). The Labute approximate surface area is 212 Å². The quantitative estimate of drug-likeness (QED) is 0.355. The second-order valence-corrected chi connectivity index (χ2v) is 9.21. The molecule has 0 spiro atoms. The third-order valence-corrected chi connectivity index (χ3v) is 6.76. The highest BCUT2D eigenvalue weighted by Gasteiger charge is 2.35. The minimum atomic E-state index is -0.385. The number of amides is 3. The predicted octanol–water partition coefficient (Wildman–Crippen LogP) is 0.998. The summed E-state index contributed by atoms with van der Waals surface area (Å²) >= 11 is 0.